The van der Waals surface area contributed by atoms with Gasteiger partial charge in [0.2, 0.25) is 17.7 Å². The number of amides is 5. The minimum absolute atomic E-state index is 0.0269. The van der Waals surface area contributed by atoms with Crippen LogP contribution in [0.2, 0.25) is 0 Å². The molecule has 0 spiro atoms. The number of aliphatic hydroxyl groups excluding tert-OH is 2. The molecular weight excluding hydrogens is 915 g/mol. The molecule has 2 aromatic rings. The van der Waals surface area contributed by atoms with Gasteiger partial charge >= 0.3 is 0 Å². The highest BCUT2D eigenvalue weighted by Crippen LogP contribution is 2.71. The van der Waals surface area contributed by atoms with Gasteiger partial charge in [0.05, 0.1) is 69.0 Å². The molecule has 2 saturated carbocycles. The lowest BCUT2D eigenvalue weighted by Crippen LogP contribution is -2.60. The van der Waals surface area contributed by atoms with Crippen molar-refractivity contribution in [2.75, 3.05) is 38.3 Å². The number of nitrogens with zero attached hydrogens (tertiary/aromatic N) is 4. The summed E-state index contributed by atoms with van der Waals surface area (Å²) in [6.07, 6.45) is 2.10. The molecule has 4 aliphatic carbocycles. The largest absolute Gasteiger partial charge is 0.392 e. The first-order valence-electron chi connectivity index (χ1n) is 25.1. The molecule has 10 atom stereocenters. The number of allylic oxidation sites excluding steroid dienone is 1. The molecular formula is C52H69N7O12. The molecule has 71 heavy (non-hydrogen) atoms. The molecule has 19 nitrogen and oxygen atoms in total. The van der Waals surface area contributed by atoms with Crippen molar-refractivity contribution in [3.8, 4) is 0 Å². The highest BCUT2D eigenvalue weighted by Gasteiger charge is 2.70. The lowest BCUT2D eigenvalue weighted by Gasteiger charge is -2.61. The number of piperidine rings is 1. The molecule has 3 heterocycles. The Hall–Kier alpha value is -5.50. The summed E-state index contributed by atoms with van der Waals surface area (Å²) < 4.78 is 12.9. The molecule has 19 heteroatoms. The van der Waals surface area contributed by atoms with Crippen LogP contribution in [0.3, 0.4) is 0 Å². The summed E-state index contributed by atoms with van der Waals surface area (Å²) in [6, 6.07) is 3.76. The van der Waals surface area contributed by atoms with Crippen LogP contribution in [0.5, 0.6) is 0 Å². The number of carbonyl (C=O) groups excluding carboxylic acids is 8. The van der Waals surface area contributed by atoms with E-state index in [1.807, 2.05) is 34.6 Å². The van der Waals surface area contributed by atoms with Gasteiger partial charge in [0, 0.05) is 72.1 Å². The second-order valence-electron chi connectivity index (χ2n) is 22.1. The predicted octanol–water partition coefficient (Wildman–Crippen LogP) is 3.50. The first-order valence-corrected chi connectivity index (χ1v) is 25.1. The van der Waals surface area contributed by atoms with Crippen LogP contribution >= 0.6 is 0 Å². The van der Waals surface area contributed by atoms with Crippen LogP contribution in [0.25, 0.3) is 0 Å². The van der Waals surface area contributed by atoms with Crippen LogP contribution in [0.4, 0.5) is 5.69 Å². The van der Waals surface area contributed by atoms with Crippen LogP contribution in [0.15, 0.2) is 35.5 Å². The van der Waals surface area contributed by atoms with E-state index in [1.54, 1.807) is 29.9 Å². The van der Waals surface area contributed by atoms with Gasteiger partial charge in [-0.25, -0.2) is 4.68 Å². The third-order valence-corrected chi connectivity index (χ3v) is 17.5. The number of aromatic nitrogens is 3. The molecule has 1 saturated heterocycles. The van der Waals surface area contributed by atoms with E-state index in [9.17, 15) is 48.6 Å². The van der Waals surface area contributed by atoms with E-state index >= 15 is 0 Å². The van der Waals surface area contributed by atoms with Crippen molar-refractivity contribution in [1.82, 2.24) is 30.5 Å². The molecule has 2 aliphatic heterocycles. The van der Waals surface area contributed by atoms with Gasteiger partial charge in [-0.15, -0.1) is 5.10 Å². The maximum atomic E-state index is 14.4. The molecule has 5 amide bonds. The Morgan fingerprint density at radius 2 is 1.66 bits per heavy atom. The number of fused-ring (bicyclic) bond motifs is 5. The van der Waals surface area contributed by atoms with Crippen molar-refractivity contribution < 1.29 is 58.0 Å². The van der Waals surface area contributed by atoms with Gasteiger partial charge in [-0.3, -0.25) is 48.6 Å². The van der Waals surface area contributed by atoms with Crippen molar-refractivity contribution in [3.63, 3.8) is 0 Å². The molecule has 1 unspecified atom stereocenters. The predicted molar refractivity (Wildman–Crippen MR) is 255 cm³/mol. The Balaban J connectivity index is 0.724. The van der Waals surface area contributed by atoms with Crippen molar-refractivity contribution in [2.24, 2.45) is 45.3 Å². The minimum Gasteiger partial charge on any atom is -0.392 e. The summed E-state index contributed by atoms with van der Waals surface area (Å²) in [5.74, 6) is -3.67. The monoisotopic (exact) mass is 984 g/mol. The Morgan fingerprint density at radius 1 is 0.930 bits per heavy atom. The number of imide groups is 2. The number of hydrogen-bond donors (Lipinski definition) is 5. The number of aliphatic hydroxyl groups is 2. The molecule has 1 aromatic carbocycles. The summed E-state index contributed by atoms with van der Waals surface area (Å²) in [7, 11) is 0. The van der Waals surface area contributed by atoms with Crippen molar-refractivity contribution in [3.05, 3.63) is 52.4 Å². The van der Waals surface area contributed by atoms with E-state index in [4.69, 9.17) is 9.47 Å². The molecule has 1 aromatic heterocycles. The van der Waals surface area contributed by atoms with Gasteiger partial charge < -0.3 is 30.3 Å². The number of ether oxygens (including phenoxy) is 2. The Morgan fingerprint density at radius 3 is 2.39 bits per heavy atom. The van der Waals surface area contributed by atoms with Crippen LogP contribution in [0.1, 0.15) is 133 Å². The number of nitrogens with one attached hydrogen (secondary N) is 3. The highest BCUT2D eigenvalue weighted by molar-refractivity contribution is 6.25. The zero-order valence-corrected chi connectivity index (χ0v) is 41.9. The minimum atomic E-state index is -1.06. The number of hydrogen-bond acceptors (Lipinski definition) is 15. The van der Waals surface area contributed by atoms with E-state index in [2.05, 4.69) is 33.2 Å². The molecule has 384 valence electrons. The maximum absolute atomic E-state index is 14.4. The van der Waals surface area contributed by atoms with E-state index in [0.717, 1.165) is 4.90 Å². The summed E-state index contributed by atoms with van der Waals surface area (Å²) in [4.78, 5) is 105. The molecule has 8 rings (SSSR count). The summed E-state index contributed by atoms with van der Waals surface area (Å²) in [5, 5.41) is 40.3. The standard InChI is InChI=1S/C52H69N7O12/c1-28(33-23-40(64)52(7)44-36(61)24-38-49(3,4)39(63)13-14-50(38,5)43(44)37(62)25-51(33,52)6)21-31(60)22-29(2)45(66)53-15-17-70-19-20-71-18-16-58-27-30(56-57-58)26-54-34-10-8-9-32-42(34)48(69)59(47(32)68)35-11-12-41(65)55-46(35)67/h8-10,27-29,33,35-36,38,40,54,61,64H,11-26H2,1-7H3,(H,53,66)(H,55,65,67)/t28-,29-,33-,35?,36+,38+,40+,50+,51-,52+/m1/s1. The Labute approximate surface area is 413 Å². The maximum Gasteiger partial charge on any atom is 0.264 e. The average molecular weight is 984 g/mol. The fourth-order valence-corrected chi connectivity index (χ4v) is 13.5. The second kappa shape index (κ2) is 19.8. The Kier molecular flexibility index (Phi) is 14.5. The number of rotatable bonds is 19. The highest BCUT2D eigenvalue weighted by atomic mass is 16.5. The number of benzene rings is 1. The van der Waals surface area contributed by atoms with Gasteiger partial charge in [-0.1, -0.05) is 59.7 Å². The SMILES string of the molecule is C[C@H](CC(=O)C[C@@H](C)[C@H]1C[C@H](O)[C@@]2(C)C3=C(C(=O)C[C@]12C)[C@@]1(C)CCC(=O)C(C)(C)[C@@H]1C[C@@H]3O)C(=O)NCCOCCOCCn1cc(CNc2cccc3c2C(=O)N(C2CCC(=O)NC2=O)C3=O)nn1. The first kappa shape index (κ1) is 51.8. The molecule has 5 N–H and O–H groups in total. The molecule has 0 radical (unpaired) electrons. The van der Waals surface area contributed by atoms with Crippen LogP contribution < -0.4 is 16.0 Å². The van der Waals surface area contributed by atoms with E-state index < -0.39 is 69.5 Å². The van der Waals surface area contributed by atoms with Gasteiger partial charge in [-0.05, 0) is 66.6 Å². The van der Waals surface area contributed by atoms with Crippen molar-refractivity contribution in [1.29, 1.82) is 0 Å². The summed E-state index contributed by atoms with van der Waals surface area (Å²) >= 11 is 0. The van der Waals surface area contributed by atoms with Gasteiger partial charge in [0.1, 0.15) is 23.3 Å². The van der Waals surface area contributed by atoms with E-state index in [-0.39, 0.29) is 111 Å². The lowest BCUT2D eigenvalue weighted by molar-refractivity contribution is -0.146. The quantitative estimate of drug-likeness (QED) is 0.0997. The fourth-order valence-electron chi connectivity index (χ4n) is 13.5. The van der Waals surface area contributed by atoms with Gasteiger partial charge in [0.25, 0.3) is 11.8 Å². The normalized spacial score (nSPS) is 30.9. The second-order valence-corrected chi connectivity index (χ2v) is 22.1. The summed E-state index contributed by atoms with van der Waals surface area (Å²) in [5.41, 5.74) is -0.319. The van der Waals surface area contributed by atoms with Gasteiger partial charge in [-0.2, -0.15) is 0 Å². The average Bonchev–Trinajstić information content (AvgIpc) is 3.94. The van der Waals surface area contributed by atoms with Crippen LogP contribution in [-0.2, 0) is 51.3 Å². The van der Waals surface area contributed by atoms with Crippen LogP contribution in [0, 0.1) is 45.3 Å². The molecule has 3 fully saturated rings. The smallest absolute Gasteiger partial charge is 0.264 e. The molecule has 0 bridgehead atoms. The number of carbonyl (C=O) groups is 8. The number of anilines is 1. The fraction of sp³-hybridized carbons (Fsp3) is 0.654. The third-order valence-electron chi connectivity index (χ3n) is 17.5. The molecule has 6 aliphatic rings. The first-order chi connectivity index (χ1) is 33.5. The van der Waals surface area contributed by atoms with Gasteiger partial charge in [0.15, 0.2) is 5.78 Å². The van der Waals surface area contributed by atoms with Crippen molar-refractivity contribution in [2.45, 2.75) is 138 Å². The lowest BCUT2D eigenvalue weighted by atomic mass is 9.42. The van der Waals surface area contributed by atoms with Crippen molar-refractivity contribution >= 4 is 52.6 Å². The van der Waals surface area contributed by atoms with E-state index in [1.165, 1.54) is 6.07 Å². The zero-order chi connectivity index (χ0) is 51.4. The number of ketones is 3. The summed E-state index contributed by atoms with van der Waals surface area (Å²) in [6.45, 7) is 15.6. The van der Waals surface area contributed by atoms with Crippen LogP contribution in [-0.4, -0.2) is 128 Å². The number of Topliss-reactive ketones (excluding diaryl/α,β-unsaturated/α-hetero) is 3. The zero-order valence-electron chi connectivity index (χ0n) is 41.9. The Bertz CT molecular complexity index is 2550. The topological polar surface area (TPSA) is 266 Å². The van der Waals surface area contributed by atoms with E-state index in [0.29, 0.717) is 68.0 Å². The third kappa shape index (κ3) is 9.20.